The average Bonchev–Trinajstić information content (AvgIpc) is 3.30. The summed E-state index contributed by atoms with van der Waals surface area (Å²) in [7, 11) is 5.04. The Kier molecular flexibility index (Phi) is 16.1. The van der Waals surface area contributed by atoms with E-state index in [2.05, 4.69) is 39.6 Å². The van der Waals surface area contributed by atoms with Gasteiger partial charge in [-0.25, -0.2) is 4.79 Å². The number of likely N-dealkylation sites (N-methyl/N-ethyl adjacent to an activating group) is 1. The van der Waals surface area contributed by atoms with Crippen molar-refractivity contribution in [2.45, 2.75) is 59.5 Å². The van der Waals surface area contributed by atoms with Gasteiger partial charge >= 0.3 is 6.09 Å². The van der Waals surface area contributed by atoms with Crippen LogP contribution < -0.4 is 10.6 Å². The molecule has 1 amide bonds. The number of fused-ring (bicyclic) bond motifs is 3. The molecule has 0 radical (unpaired) electrons. The molecule has 0 saturated carbocycles. The van der Waals surface area contributed by atoms with E-state index in [0.717, 1.165) is 11.1 Å². The van der Waals surface area contributed by atoms with Crippen LogP contribution in [0.15, 0.2) is 72.8 Å². The Labute approximate surface area is 235 Å². The van der Waals surface area contributed by atoms with E-state index >= 15 is 0 Å². The van der Waals surface area contributed by atoms with Gasteiger partial charge in [-0.15, -0.1) is 0 Å². The van der Waals surface area contributed by atoms with Gasteiger partial charge in [-0.1, -0.05) is 100 Å². The number of hydrogen-bond donors (Lipinski definition) is 2. The Morgan fingerprint density at radius 3 is 1.72 bits per heavy atom. The Bertz CT molecular complexity index is 1080. The minimum absolute atomic E-state index is 0.0498. The predicted octanol–water partition coefficient (Wildman–Crippen LogP) is 6.76. The molecule has 1 aliphatic carbocycles. The van der Waals surface area contributed by atoms with Crippen LogP contribution in [0.5, 0.6) is 0 Å². The number of Topliss-reactive ketones (excluding diaryl/α,β-unsaturated/α-hetero) is 1. The molecule has 6 heteroatoms. The van der Waals surface area contributed by atoms with Gasteiger partial charge in [-0.05, 0) is 53.8 Å². The van der Waals surface area contributed by atoms with E-state index in [9.17, 15) is 9.59 Å². The second kappa shape index (κ2) is 18.7. The van der Waals surface area contributed by atoms with Crippen molar-refractivity contribution in [3.8, 4) is 11.1 Å². The van der Waals surface area contributed by atoms with Gasteiger partial charge in [0.2, 0.25) is 0 Å². The number of alkyl carbamates (subject to hydrolysis) is 1. The molecule has 0 fully saturated rings. The van der Waals surface area contributed by atoms with E-state index in [1.807, 2.05) is 76.2 Å². The molecule has 3 aromatic rings. The maximum atomic E-state index is 12.3. The first-order valence-corrected chi connectivity index (χ1v) is 13.7. The SMILES string of the molecule is CC.CC.CNC(Cc1ccc(CNC(=O)OCC2c3ccccc3-c3ccccc32)cc1)C(C)=O.COC. The zero-order valence-corrected chi connectivity index (χ0v) is 24.8. The van der Waals surface area contributed by atoms with Crippen LogP contribution in [-0.2, 0) is 27.2 Å². The number of ketones is 1. The van der Waals surface area contributed by atoms with Gasteiger partial charge in [0.15, 0.2) is 0 Å². The lowest BCUT2D eigenvalue weighted by Gasteiger charge is -2.15. The van der Waals surface area contributed by atoms with Crippen LogP contribution in [-0.4, -0.2) is 45.8 Å². The highest BCUT2D eigenvalue weighted by Crippen LogP contribution is 2.44. The fourth-order valence-corrected chi connectivity index (χ4v) is 4.30. The van der Waals surface area contributed by atoms with Crippen molar-refractivity contribution in [3.05, 3.63) is 95.1 Å². The molecule has 0 spiro atoms. The molecule has 0 heterocycles. The van der Waals surface area contributed by atoms with Crippen molar-refractivity contribution in [1.82, 2.24) is 10.6 Å². The molecule has 1 atom stereocenters. The number of carbonyl (C=O) groups excluding carboxylic acids is 2. The number of methoxy groups -OCH3 is 1. The van der Waals surface area contributed by atoms with Gasteiger partial charge in [-0.2, -0.15) is 0 Å². The first-order chi connectivity index (χ1) is 19.0. The van der Waals surface area contributed by atoms with E-state index in [-0.39, 0.29) is 17.7 Å². The minimum atomic E-state index is -0.428. The van der Waals surface area contributed by atoms with Gasteiger partial charge < -0.3 is 20.1 Å². The van der Waals surface area contributed by atoms with E-state index in [4.69, 9.17) is 4.74 Å². The number of hydrogen-bond acceptors (Lipinski definition) is 5. The number of ether oxygens (including phenoxy) is 2. The zero-order chi connectivity index (χ0) is 29.2. The van der Waals surface area contributed by atoms with Crippen molar-refractivity contribution in [2.24, 2.45) is 0 Å². The zero-order valence-electron chi connectivity index (χ0n) is 24.8. The number of rotatable bonds is 8. The lowest BCUT2D eigenvalue weighted by Crippen LogP contribution is -2.34. The highest BCUT2D eigenvalue weighted by Gasteiger charge is 2.28. The average molecular weight is 535 g/mol. The molecule has 3 aromatic carbocycles. The Morgan fingerprint density at radius 1 is 0.795 bits per heavy atom. The first-order valence-electron chi connectivity index (χ1n) is 13.7. The Hall–Kier alpha value is -3.48. The molecule has 0 aromatic heterocycles. The monoisotopic (exact) mass is 534 g/mol. The molecule has 4 rings (SSSR count). The van der Waals surface area contributed by atoms with Crippen molar-refractivity contribution >= 4 is 11.9 Å². The molecular formula is C33H46N2O4. The van der Waals surface area contributed by atoms with Gasteiger partial charge in [0.25, 0.3) is 0 Å². The fourth-order valence-electron chi connectivity index (χ4n) is 4.30. The number of nitrogens with one attached hydrogen (secondary N) is 2. The third kappa shape index (κ3) is 9.97. The van der Waals surface area contributed by atoms with Gasteiger partial charge in [0, 0.05) is 26.7 Å². The molecule has 1 unspecified atom stereocenters. The summed E-state index contributed by atoms with van der Waals surface area (Å²) in [5, 5.41) is 5.86. The van der Waals surface area contributed by atoms with Crippen LogP contribution in [0.2, 0.25) is 0 Å². The molecule has 6 nitrogen and oxygen atoms in total. The lowest BCUT2D eigenvalue weighted by atomic mass is 9.98. The lowest BCUT2D eigenvalue weighted by molar-refractivity contribution is -0.118. The largest absolute Gasteiger partial charge is 0.449 e. The quantitative estimate of drug-likeness (QED) is 0.334. The summed E-state index contributed by atoms with van der Waals surface area (Å²) in [6.07, 6.45) is 0.217. The van der Waals surface area contributed by atoms with E-state index in [1.165, 1.54) is 22.3 Å². The Balaban J connectivity index is 0.000000996. The summed E-state index contributed by atoms with van der Waals surface area (Å²) in [6, 6.07) is 24.3. The summed E-state index contributed by atoms with van der Waals surface area (Å²) < 4.78 is 9.83. The van der Waals surface area contributed by atoms with Gasteiger partial charge in [0.05, 0.1) is 6.04 Å². The van der Waals surface area contributed by atoms with Crippen LogP contribution in [0.4, 0.5) is 4.79 Å². The highest BCUT2D eigenvalue weighted by molar-refractivity contribution is 5.81. The van der Waals surface area contributed by atoms with Crippen molar-refractivity contribution in [2.75, 3.05) is 27.9 Å². The third-order valence-corrected chi connectivity index (χ3v) is 6.08. The molecule has 0 saturated heterocycles. The second-order valence-electron chi connectivity index (χ2n) is 8.56. The molecule has 0 aliphatic heterocycles. The number of carbonyl (C=O) groups is 2. The second-order valence-corrected chi connectivity index (χ2v) is 8.56. The van der Waals surface area contributed by atoms with Crippen LogP contribution >= 0.6 is 0 Å². The van der Waals surface area contributed by atoms with Crippen molar-refractivity contribution in [1.29, 1.82) is 0 Å². The fraction of sp³-hybridized carbons (Fsp3) is 0.394. The molecule has 212 valence electrons. The standard InChI is InChI=1S/C27H28N2O3.C2H6O.2C2H6/c1-18(30)26(28-2)15-19-11-13-20(14-12-19)16-29-27(31)32-17-25-23-9-5-3-7-21(23)22-8-4-6-10-24(22)25;1-3-2;2*1-2/h3-14,25-26,28H,15-17H2,1-2H3,(H,29,31);1-2H3;2*1-2H3. The third-order valence-electron chi connectivity index (χ3n) is 6.08. The summed E-state index contributed by atoms with van der Waals surface area (Å²) >= 11 is 0. The van der Waals surface area contributed by atoms with E-state index in [0.29, 0.717) is 19.6 Å². The van der Waals surface area contributed by atoms with Gasteiger partial charge in [-0.3, -0.25) is 4.79 Å². The molecule has 1 aliphatic rings. The minimum Gasteiger partial charge on any atom is -0.449 e. The molecule has 39 heavy (non-hydrogen) atoms. The number of benzene rings is 3. The smallest absolute Gasteiger partial charge is 0.407 e. The maximum Gasteiger partial charge on any atom is 0.407 e. The van der Waals surface area contributed by atoms with Crippen LogP contribution in [0.25, 0.3) is 11.1 Å². The van der Waals surface area contributed by atoms with Crippen molar-refractivity contribution < 1.29 is 19.1 Å². The first kappa shape index (κ1) is 33.5. The Morgan fingerprint density at radius 2 is 1.26 bits per heavy atom. The summed E-state index contributed by atoms with van der Waals surface area (Å²) in [6.45, 7) is 10.3. The summed E-state index contributed by atoms with van der Waals surface area (Å²) in [5.41, 5.74) is 6.87. The summed E-state index contributed by atoms with van der Waals surface area (Å²) in [5.74, 6) is 0.169. The van der Waals surface area contributed by atoms with Crippen molar-refractivity contribution in [3.63, 3.8) is 0 Å². The van der Waals surface area contributed by atoms with Crippen LogP contribution in [0, 0.1) is 0 Å². The normalized spacial score (nSPS) is 11.6. The summed E-state index contributed by atoms with van der Waals surface area (Å²) in [4.78, 5) is 23.9. The highest BCUT2D eigenvalue weighted by atomic mass is 16.5. The molecule has 2 N–H and O–H groups in total. The van der Waals surface area contributed by atoms with E-state index < -0.39 is 6.09 Å². The topological polar surface area (TPSA) is 76.7 Å². The maximum absolute atomic E-state index is 12.3. The van der Waals surface area contributed by atoms with Crippen LogP contribution in [0.1, 0.15) is 62.8 Å². The number of amides is 1. The van der Waals surface area contributed by atoms with Crippen LogP contribution in [0.3, 0.4) is 0 Å². The molecule has 0 bridgehead atoms. The molecular weight excluding hydrogens is 488 g/mol. The van der Waals surface area contributed by atoms with Gasteiger partial charge in [0.1, 0.15) is 12.4 Å². The van der Waals surface area contributed by atoms with E-state index in [1.54, 1.807) is 28.2 Å². The predicted molar refractivity (Wildman–Crippen MR) is 161 cm³/mol.